The van der Waals surface area contributed by atoms with Crippen LogP contribution < -0.4 is 69.3 Å². The number of carbonyl (C=O) groups excluding carboxylic acids is 2. The normalized spacial score (nSPS) is 4.40. The number of carbonyl (C=O) groups is 2. The number of hydrogen-bond acceptors (Lipinski definition) is 4. The first-order chi connectivity index (χ1) is 2.64. The van der Waals surface area contributed by atoms with E-state index in [1.54, 1.807) is 0 Å². The topological polar surface area (TPSA) is 80.3 Å². The Hall–Kier alpha value is 1.81. The third-order valence-electron chi connectivity index (χ3n) is 0.167. The monoisotopic (exact) mass is 229 g/mol. The Balaban J connectivity index is -0.0000000208. The third kappa shape index (κ3) is 22.6. The van der Waals surface area contributed by atoms with Crippen molar-refractivity contribution in [3.8, 4) is 0 Å². The van der Waals surface area contributed by atoms with Gasteiger partial charge in [0.2, 0.25) is 0 Å². The van der Waals surface area contributed by atoms with Gasteiger partial charge < -0.3 is 33.3 Å². The minimum absolute atomic E-state index is 0. The van der Waals surface area contributed by atoms with Crippen LogP contribution in [0.3, 0.4) is 0 Å². The van der Waals surface area contributed by atoms with E-state index in [4.69, 9.17) is 19.8 Å². The predicted octanol–water partition coefficient (Wildman–Crippen LogP) is -9.51. The van der Waals surface area contributed by atoms with Gasteiger partial charge in [0.1, 0.15) is 0 Å². The molecular weight excluding hydrogens is 230 g/mol. The Morgan fingerprint density at radius 2 is 1.00 bits per heavy atom. The minimum atomic E-state index is -2.19. The molecule has 0 fully saturated rings. The van der Waals surface area contributed by atoms with Gasteiger partial charge in [0.25, 0.3) is 0 Å². The van der Waals surface area contributed by atoms with Crippen molar-refractivity contribution in [3.63, 3.8) is 0 Å². The van der Waals surface area contributed by atoms with E-state index in [0.29, 0.717) is 0 Å². The van der Waals surface area contributed by atoms with Crippen LogP contribution in [0.25, 0.3) is 0 Å². The molecule has 0 amide bonds. The van der Waals surface area contributed by atoms with Crippen molar-refractivity contribution in [1.29, 1.82) is 0 Å². The second-order valence-corrected chi connectivity index (χ2v) is 0.575. The maximum Gasteiger partial charge on any atom is 2.00 e. The second-order valence-electron chi connectivity index (χ2n) is 0.575. The Morgan fingerprint density at radius 1 is 0.900 bits per heavy atom. The molecule has 0 saturated heterocycles. The third-order valence-corrected chi connectivity index (χ3v) is 0.167. The van der Waals surface area contributed by atoms with Gasteiger partial charge in [0.05, 0.1) is 11.9 Å². The summed E-state index contributed by atoms with van der Waals surface area (Å²) in [4.78, 5) is 17.9. The van der Waals surface area contributed by atoms with Gasteiger partial charge in [0, 0.05) is 0 Å². The first-order valence-electron chi connectivity index (χ1n) is 1.07. The zero-order chi connectivity index (χ0) is 5.15. The summed E-state index contributed by atoms with van der Waals surface area (Å²) in [5.41, 5.74) is 0. The molecule has 0 aliphatic carbocycles. The Morgan fingerprint density at radius 3 is 1.00 bits per heavy atom. The molecular formula is C2CuNa2O4S. The minimum Gasteiger partial charge on any atom is -2.00 e. The molecule has 0 unspecified atom stereocenters. The number of carboxylic acid groups (broad SMARTS) is 2. The van der Waals surface area contributed by atoms with Crippen LogP contribution in [-0.4, -0.2) is 11.9 Å². The van der Waals surface area contributed by atoms with E-state index < -0.39 is 11.9 Å². The molecule has 0 aromatic rings. The molecule has 1 radical (unpaired) electrons. The Bertz CT molecular complexity index is 87.3. The van der Waals surface area contributed by atoms with Crippen LogP contribution in [0.2, 0.25) is 0 Å². The molecule has 8 heteroatoms. The fourth-order valence-corrected chi connectivity index (χ4v) is 0. The van der Waals surface area contributed by atoms with Gasteiger partial charge in [0.15, 0.2) is 0 Å². The molecule has 0 aromatic heterocycles. The van der Waals surface area contributed by atoms with E-state index in [1.165, 1.54) is 0 Å². The quantitative estimate of drug-likeness (QED) is 0.305. The van der Waals surface area contributed by atoms with Crippen molar-refractivity contribution < 1.29 is 96.0 Å². The van der Waals surface area contributed by atoms with Gasteiger partial charge in [-0.1, -0.05) is 0 Å². The number of hydrogen-bond donors (Lipinski definition) is 0. The fraction of sp³-hybridized carbons (Fsp3) is 0. The summed E-state index contributed by atoms with van der Waals surface area (Å²) in [5.74, 6) is -4.37. The zero-order valence-electron chi connectivity index (χ0n) is 5.34. The molecule has 0 aromatic carbocycles. The Labute approximate surface area is 120 Å². The van der Waals surface area contributed by atoms with Crippen LogP contribution in [0.4, 0.5) is 0 Å². The number of carboxylic acids is 2. The van der Waals surface area contributed by atoms with Crippen molar-refractivity contribution >= 4 is 25.4 Å². The van der Waals surface area contributed by atoms with Gasteiger partial charge >= 0.3 is 76.2 Å². The van der Waals surface area contributed by atoms with Gasteiger partial charge in [-0.15, -0.1) is 0 Å². The maximum atomic E-state index is 8.93. The van der Waals surface area contributed by atoms with Gasteiger partial charge in [-0.3, -0.25) is 0 Å². The largest absolute Gasteiger partial charge is 2.00 e. The molecule has 4 nitrogen and oxygen atoms in total. The van der Waals surface area contributed by atoms with Crippen LogP contribution in [0.1, 0.15) is 0 Å². The van der Waals surface area contributed by atoms with Crippen molar-refractivity contribution in [2.24, 2.45) is 0 Å². The van der Waals surface area contributed by atoms with Gasteiger partial charge in [-0.05, 0) is 0 Å². The van der Waals surface area contributed by atoms with Crippen LogP contribution in [0.15, 0.2) is 0 Å². The Kier molecular flexibility index (Phi) is 50.8. The van der Waals surface area contributed by atoms with E-state index >= 15 is 0 Å². The first-order valence-corrected chi connectivity index (χ1v) is 1.07. The molecule has 0 saturated carbocycles. The average Bonchev–Trinajstić information content (AvgIpc) is 1.36. The van der Waals surface area contributed by atoms with Crippen LogP contribution in [-0.2, 0) is 40.2 Å². The van der Waals surface area contributed by atoms with Gasteiger partial charge in [-0.25, -0.2) is 0 Å². The van der Waals surface area contributed by atoms with Crippen molar-refractivity contribution in [3.05, 3.63) is 0 Å². The zero-order valence-corrected chi connectivity index (χ0v) is 11.1. The molecule has 0 N–H and O–H groups in total. The molecule has 0 bridgehead atoms. The number of rotatable bonds is 0. The van der Waals surface area contributed by atoms with Crippen molar-refractivity contribution in [2.75, 3.05) is 0 Å². The summed E-state index contributed by atoms with van der Waals surface area (Å²) in [6.45, 7) is 0. The summed E-state index contributed by atoms with van der Waals surface area (Å²) < 4.78 is 0. The number of aliphatic carboxylic acids is 2. The first kappa shape index (κ1) is 29.8. The maximum absolute atomic E-state index is 8.93. The van der Waals surface area contributed by atoms with E-state index in [2.05, 4.69) is 0 Å². The van der Waals surface area contributed by atoms with E-state index in [0.717, 1.165) is 0 Å². The summed E-state index contributed by atoms with van der Waals surface area (Å²) >= 11 is 0. The van der Waals surface area contributed by atoms with Crippen molar-refractivity contribution in [1.82, 2.24) is 0 Å². The summed E-state index contributed by atoms with van der Waals surface area (Å²) in [6, 6.07) is 0. The van der Waals surface area contributed by atoms with Crippen LogP contribution in [0, 0.1) is 0 Å². The fourth-order valence-electron chi connectivity index (χ4n) is 0. The molecule has 0 aliphatic heterocycles. The standard InChI is InChI=1S/C2H2O4.Cu.2Na.S/c3-1(4)2(5)6;;;;/h(H,3,4)(H,5,6);;;;/q;+2;2*+1;-2/p-2. The van der Waals surface area contributed by atoms with Crippen molar-refractivity contribution in [2.45, 2.75) is 0 Å². The summed E-state index contributed by atoms with van der Waals surface area (Å²) in [7, 11) is 0. The summed E-state index contributed by atoms with van der Waals surface area (Å²) in [6.07, 6.45) is 0. The SMILES string of the molecule is O=C([O-])C(=O)[O-].[Cu+2].[Na+].[Na+].[S-2]. The van der Waals surface area contributed by atoms with E-state index in [-0.39, 0.29) is 89.7 Å². The molecule has 0 spiro atoms. The predicted molar refractivity (Wildman–Crippen MR) is 17.4 cm³/mol. The second kappa shape index (κ2) is 17.1. The smallest absolute Gasteiger partial charge is 2.00 e. The average molecular weight is 230 g/mol. The molecule has 0 heterocycles. The molecule has 51 valence electrons. The van der Waals surface area contributed by atoms with Crippen LogP contribution in [0.5, 0.6) is 0 Å². The molecule has 10 heavy (non-hydrogen) atoms. The van der Waals surface area contributed by atoms with Crippen LogP contribution >= 0.6 is 0 Å². The van der Waals surface area contributed by atoms with Gasteiger partial charge in [-0.2, -0.15) is 0 Å². The molecule has 0 atom stereocenters. The van der Waals surface area contributed by atoms with E-state index in [9.17, 15) is 0 Å². The van der Waals surface area contributed by atoms with E-state index in [1.807, 2.05) is 0 Å². The molecule has 0 aliphatic rings. The summed E-state index contributed by atoms with van der Waals surface area (Å²) in [5, 5.41) is 17.9. The molecule has 0 rings (SSSR count).